The fraction of sp³-hybridized carbons (Fsp3) is 0.562. The third-order valence-electron chi connectivity index (χ3n) is 3.10. The van der Waals surface area contributed by atoms with E-state index < -0.39 is 0 Å². The van der Waals surface area contributed by atoms with Crippen LogP contribution in [-0.4, -0.2) is 12.5 Å². The summed E-state index contributed by atoms with van der Waals surface area (Å²) < 4.78 is 0.995. The van der Waals surface area contributed by atoms with Gasteiger partial charge in [0.25, 0.3) is 5.91 Å². The number of hydrogen-bond donors (Lipinski definition) is 1. The molecule has 0 aliphatic rings. The predicted octanol–water partition coefficient (Wildman–Crippen LogP) is 4.79. The smallest absolute Gasteiger partial charge is 0.251 e. The molecule has 1 rings (SSSR count). The van der Waals surface area contributed by atoms with E-state index in [1.807, 2.05) is 24.3 Å². The first-order chi connectivity index (χ1) is 9.09. The van der Waals surface area contributed by atoms with Crippen LogP contribution in [0.5, 0.6) is 0 Å². The molecule has 0 saturated heterocycles. The standard InChI is InChI=1S/C16H24BrNO/c1-13(2)7-5-3-4-6-12-18-16(19)14-8-10-15(17)11-9-14/h8-11,13H,3-7,12H2,1-2H3,(H,18,19). The highest BCUT2D eigenvalue weighted by Crippen LogP contribution is 2.11. The van der Waals surface area contributed by atoms with E-state index in [0.717, 1.165) is 28.9 Å². The van der Waals surface area contributed by atoms with Crippen molar-refractivity contribution in [1.82, 2.24) is 5.32 Å². The van der Waals surface area contributed by atoms with Gasteiger partial charge >= 0.3 is 0 Å². The largest absolute Gasteiger partial charge is 0.352 e. The lowest BCUT2D eigenvalue weighted by atomic mass is 10.0. The number of nitrogens with one attached hydrogen (secondary N) is 1. The van der Waals surface area contributed by atoms with E-state index in [0.29, 0.717) is 0 Å². The Labute approximate surface area is 125 Å². The zero-order valence-electron chi connectivity index (χ0n) is 11.9. The molecular formula is C16H24BrNO. The second-order valence-corrected chi connectivity index (χ2v) is 6.28. The SMILES string of the molecule is CC(C)CCCCCCNC(=O)c1ccc(Br)cc1. The van der Waals surface area contributed by atoms with Gasteiger partial charge in [0.2, 0.25) is 0 Å². The molecule has 0 heterocycles. The second kappa shape index (κ2) is 9.13. The fourth-order valence-corrected chi connectivity index (χ4v) is 2.20. The molecule has 1 aromatic carbocycles. The lowest BCUT2D eigenvalue weighted by Crippen LogP contribution is -2.24. The van der Waals surface area contributed by atoms with Gasteiger partial charge in [-0.05, 0) is 36.6 Å². The van der Waals surface area contributed by atoms with E-state index in [9.17, 15) is 4.79 Å². The number of amides is 1. The van der Waals surface area contributed by atoms with E-state index in [-0.39, 0.29) is 5.91 Å². The van der Waals surface area contributed by atoms with Gasteiger partial charge in [-0.3, -0.25) is 4.79 Å². The Morgan fingerprint density at radius 2 is 1.74 bits per heavy atom. The molecule has 0 spiro atoms. The summed E-state index contributed by atoms with van der Waals surface area (Å²) in [7, 11) is 0. The molecule has 1 aromatic rings. The normalized spacial score (nSPS) is 10.7. The van der Waals surface area contributed by atoms with Crippen LogP contribution in [0.15, 0.2) is 28.7 Å². The third-order valence-corrected chi connectivity index (χ3v) is 3.63. The molecule has 0 aromatic heterocycles. The van der Waals surface area contributed by atoms with Crippen LogP contribution in [0.25, 0.3) is 0 Å². The summed E-state index contributed by atoms with van der Waals surface area (Å²) in [5.41, 5.74) is 0.725. The zero-order valence-corrected chi connectivity index (χ0v) is 13.5. The first kappa shape index (κ1) is 16.2. The Morgan fingerprint density at radius 3 is 2.37 bits per heavy atom. The van der Waals surface area contributed by atoms with E-state index in [1.165, 1.54) is 25.7 Å². The minimum atomic E-state index is 0.0229. The van der Waals surface area contributed by atoms with Gasteiger partial charge < -0.3 is 5.32 Å². The number of unbranched alkanes of at least 4 members (excludes halogenated alkanes) is 3. The molecule has 0 unspecified atom stereocenters. The molecule has 1 N–H and O–H groups in total. The first-order valence-electron chi connectivity index (χ1n) is 7.13. The van der Waals surface area contributed by atoms with Gasteiger partial charge in [0.1, 0.15) is 0 Å². The summed E-state index contributed by atoms with van der Waals surface area (Å²) in [5.74, 6) is 0.826. The highest BCUT2D eigenvalue weighted by Gasteiger charge is 2.03. The molecule has 2 nitrogen and oxygen atoms in total. The molecule has 0 atom stereocenters. The summed E-state index contributed by atoms with van der Waals surface area (Å²) in [6.07, 6.45) is 6.16. The van der Waals surface area contributed by atoms with Gasteiger partial charge in [-0.25, -0.2) is 0 Å². The summed E-state index contributed by atoms with van der Waals surface area (Å²) in [6, 6.07) is 7.45. The molecule has 3 heteroatoms. The molecule has 0 aliphatic carbocycles. The maximum Gasteiger partial charge on any atom is 0.251 e. The van der Waals surface area contributed by atoms with Gasteiger partial charge in [-0.15, -0.1) is 0 Å². The molecule has 106 valence electrons. The van der Waals surface area contributed by atoms with E-state index in [4.69, 9.17) is 0 Å². The van der Waals surface area contributed by atoms with Gasteiger partial charge in [0.05, 0.1) is 0 Å². The molecule has 0 aliphatic heterocycles. The number of carbonyl (C=O) groups is 1. The van der Waals surface area contributed by atoms with E-state index in [1.54, 1.807) is 0 Å². The average Bonchev–Trinajstić information content (AvgIpc) is 2.38. The van der Waals surface area contributed by atoms with Crippen molar-refractivity contribution in [3.8, 4) is 0 Å². The Balaban J connectivity index is 2.09. The van der Waals surface area contributed by atoms with Crippen molar-refractivity contribution in [2.24, 2.45) is 5.92 Å². The number of hydrogen-bond acceptors (Lipinski definition) is 1. The first-order valence-corrected chi connectivity index (χ1v) is 7.92. The van der Waals surface area contributed by atoms with Crippen LogP contribution in [0.2, 0.25) is 0 Å². The maximum absolute atomic E-state index is 11.8. The lowest BCUT2D eigenvalue weighted by molar-refractivity contribution is 0.0953. The van der Waals surface area contributed by atoms with Crippen molar-refractivity contribution in [1.29, 1.82) is 0 Å². The van der Waals surface area contributed by atoms with Crippen LogP contribution in [0.1, 0.15) is 56.3 Å². The van der Waals surface area contributed by atoms with Crippen LogP contribution in [0.3, 0.4) is 0 Å². The van der Waals surface area contributed by atoms with Crippen molar-refractivity contribution >= 4 is 21.8 Å². The molecule has 1 amide bonds. The summed E-state index contributed by atoms with van der Waals surface area (Å²) >= 11 is 3.36. The Bertz CT molecular complexity index is 373. The van der Waals surface area contributed by atoms with Crippen molar-refractivity contribution < 1.29 is 4.79 Å². The highest BCUT2D eigenvalue weighted by molar-refractivity contribution is 9.10. The van der Waals surface area contributed by atoms with Crippen molar-refractivity contribution in [3.05, 3.63) is 34.3 Å². The lowest BCUT2D eigenvalue weighted by Gasteiger charge is -2.06. The minimum absolute atomic E-state index is 0.0229. The summed E-state index contributed by atoms with van der Waals surface area (Å²) in [4.78, 5) is 11.8. The Morgan fingerprint density at radius 1 is 1.11 bits per heavy atom. The van der Waals surface area contributed by atoms with Gasteiger partial charge in [-0.2, -0.15) is 0 Å². The van der Waals surface area contributed by atoms with Crippen LogP contribution >= 0.6 is 15.9 Å². The summed E-state index contributed by atoms with van der Waals surface area (Å²) in [5, 5.41) is 2.96. The highest BCUT2D eigenvalue weighted by atomic mass is 79.9. The van der Waals surface area contributed by atoms with Crippen LogP contribution < -0.4 is 5.32 Å². The molecule has 19 heavy (non-hydrogen) atoms. The average molecular weight is 326 g/mol. The molecular weight excluding hydrogens is 302 g/mol. The van der Waals surface area contributed by atoms with Crippen molar-refractivity contribution in [3.63, 3.8) is 0 Å². The minimum Gasteiger partial charge on any atom is -0.352 e. The van der Waals surface area contributed by atoms with Crippen LogP contribution in [-0.2, 0) is 0 Å². The summed E-state index contributed by atoms with van der Waals surface area (Å²) in [6.45, 7) is 5.30. The molecule has 0 bridgehead atoms. The monoisotopic (exact) mass is 325 g/mol. The van der Waals surface area contributed by atoms with Crippen LogP contribution in [0, 0.1) is 5.92 Å². The number of benzene rings is 1. The van der Waals surface area contributed by atoms with Crippen molar-refractivity contribution in [2.45, 2.75) is 46.0 Å². The predicted molar refractivity (Wildman–Crippen MR) is 84.4 cm³/mol. The van der Waals surface area contributed by atoms with E-state index in [2.05, 4.69) is 35.1 Å². The molecule has 0 fully saturated rings. The number of carbonyl (C=O) groups excluding carboxylic acids is 1. The van der Waals surface area contributed by atoms with Gasteiger partial charge in [0.15, 0.2) is 0 Å². The van der Waals surface area contributed by atoms with Crippen molar-refractivity contribution in [2.75, 3.05) is 6.54 Å². The van der Waals surface area contributed by atoms with Gasteiger partial charge in [-0.1, -0.05) is 55.5 Å². The Kier molecular flexibility index (Phi) is 7.80. The fourth-order valence-electron chi connectivity index (χ4n) is 1.94. The van der Waals surface area contributed by atoms with Crippen LogP contribution in [0.4, 0.5) is 0 Å². The second-order valence-electron chi connectivity index (χ2n) is 5.36. The van der Waals surface area contributed by atoms with Gasteiger partial charge in [0, 0.05) is 16.6 Å². The van der Waals surface area contributed by atoms with E-state index >= 15 is 0 Å². The zero-order chi connectivity index (χ0) is 14.1. The molecule has 0 radical (unpaired) electrons. The Hall–Kier alpha value is -0.830. The third kappa shape index (κ3) is 7.36. The topological polar surface area (TPSA) is 29.1 Å². The maximum atomic E-state index is 11.8. The number of halogens is 1. The number of rotatable bonds is 8. The quantitative estimate of drug-likeness (QED) is 0.684. The molecule has 0 saturated carbocycles.